The number of hydrogen-bond donors (Lipinski definition) is 0. The highest BCUT2D eigenvalue weighted by Gasteiger charge is 2.33. The van der Waals surface area contributed by atoms with E-state index in [1.165, 1.54) is 0 Å². The molecule has 0 bridgehead atoms. The summed E-state index contributed by atoms with van der Waals surface area (Å²) in [4.78, 5) is 0. The van der Waals surface area contributed by atoms with Crippen LogP contribution in [0.4, 0.5) is 0 Å². The van der Waals surface area contributed by atoms with Crippen molar-refractivity contribution in [2.45, 2.75) is 45.1 Å². The van der Waals surface area contributed by atoms with E-state index >= 15 is 0 Å². The van der Waals surface area contributed by atoms with E-state index in [9.17, 15) is 0 Å². The summed E-state index contributed by atoms with van der Waals surface area (Å²) in [5.41, 5.74) is 1.84. The minimum Gasteiger partial charge on any atom is -0.487 e. The molecular formula is C14H17NO. The number of rotatable bonds is 2. The van der Waals surface area contributed by atoms with Gasteiger partial charge in [0.05, 0.1) is 11.6 Å². The van der Waals surface area contributed by atoms with Crippen LogP contribution in [0.15, 0.2) is 18.2 Å². The van der Waals surface area contributed by atoms with Crippen LogP contribution in [0, 0.1) is 11.3 Å². The fourth-order valence-electron chi connectivity index (χ4n) is 2.41. The molecule has 84 valence electrons. The molecule has 2 rings (SSSR count). The Hall–Kier alpha value is -1.49. The summed E-state index contributed by atoms with van der Waals surface area (Å²) in [5.74, 6) is 0.911. The molecule has 0 aromatic heterocycles. The number of ether oxygens (including phenoxy) is 1. The summed E-state index contributed by atoms with van der Waals surface area (Å²) in [6.45, 7) is 4.34. The molecule has 0 atom stereocenters. The molecule has 1 aromatic rings. The van der Waals surface area contributed by atoms with E-state index < -0.39 is 0 Å². The summed E-state index contributed by atoms with van der Waals surface area (Å²) in [7, 11) is 0. The van der Waals surface area contributed by atoms with Gasteiger partial charge in [0.1, 0.15) is 11.4 Å². The summed E-state index contributed by atoms with van der Waals surface area (Å²) < 4.78 is 6.11. The molecule has 2 heteroatoms. The predicted octanol–water partition coefficient (Wildman–Crippen LogP) is 3.44. The lowest BCUT2D eigenvalue weighted by atomic mass is 9.85. The summed E-state index contributed by atoms with van der Waals surface area (Å²) >= 11 is 0. The second kappa shape index (κ2) is 4.17. The number of nitriles is 1. The van der Waals surface area contributed by atoms with Gasteiger partial charge in [-0.15, -0.1) is 0 Å². The Bertz CT molecular complexity index is 427. The molecule has 0 amide bonds. The predicted molar refractivity (Wildman–Crippen MR) is 63.4 cm³/mol. The van der Waals surface area contributed by atoms with Gasteiger partial charge in [-0.2, -0.15) is 5.26 Å². The third-order valence-electron chi connectivity index (χ3n) is 3.70. The van der Waals surface area contributed by atoms with Crippen molar-refractivity contribution in [3.05, 3.63) is 29.3 Å². The Labute approximate surface area is 96.9 Å². The Morgan fingerprint density at radius 1 is 1.38 bits per heavy atom. The van der Waals surface area contributed by atoms with Crippen molar-refractivity contribution in [1.29, 1.82) is 5.26 Å². The van der Waals surface area contributed by atoms with Crippen molar-refractivity contribution >= 4 is 0 Å². The molecule has 1 aliphatic heterocycles. The van der Waals surface area contributed by atoms with Crippen LogP contribution in [0.2, 0.25) is 0 Å². The average Bonchev–Trinajstić information content (AvgIpc) is 2.37. The smallest absolute Gasteiger partial charge is 0.124 e. The molecule has 0 N–H and O–H groups in total. The topological polar surface area (TPSA) is 33.0 Å². The molecule has 1 heterocycles. The van der Waals surface area contributed by atoms with Gasteiger partial charge in [0, 0.05) is 5.56 Å². The zero-order chi connectivity index (χ0) is 11.6. The van der Waals surface area contributed by atoms with Gasteiger partial charge in [0.15, 0.2) is 0 Å². The van der Waals surface area contributed by atoms with Crippen LogP contribution in [0.3, 0.4) is 0 Å². The van der Waals surface area contributed by atoms with Gasteiger partial charge in [0.2, 0.25) is 0 Å². The lowest BCUT2D eigenvalue weighted by molar-refractivity contribution is 0.0382. The van der Waals surface area contributed by atoms with Crippen molar-refractivity contribution in [3.63, 3.8) is 0 Å². The molecule has 0 unspecified atom stereocenters. The fraction of sp³-hybridized carbons (Fsp3) is 0.500. The second-order valence-corrected chi connectivity index (χ2v) is 4.39. The highest BCUT2D eigenvalue weighted by Crippen LogP contribution is 2.38. The Kier molecular flexibility index (Phi) is 2.87. The third kappa shape index (κ3) is 1.67. The van der Waals surface area contributed by atoms with Crippen LogP contribution in [0.5, 0.6) is 5.75 Å². The normalized spacial score (nSPS) is 17.1. The molecule has 0 saturated heterocycles. The molecular weight excluding hydrogens is 198 g/mol. The SMILES string of the molecule is CCC1(CC)CCc2c(C#N)cccc2O1. The summed E-state index contributed by atoms with van der Waals surface area (Å²) in [5, 5.41) is 9.03. The largest absolute Gasteiger partial charge is 0.487 e. The zero-order valence-electron chi connectivity index (χ0n) is 9.92. The van der Waals surface area contributed by atoms with Crippen LogP contribution < -0.4 is 4.74 Å². The molecule has 0 fully saturated rings. The van der Waals surface area contributed by atoms with E-state index in [2.05, 4.69) is 19.9 Å². The van der Waals surface area contributed by atoms with Gasteiger partial charge in [0.25, 0.3) is 0 Å². The third-order valence-corrected chi connectivity index (χ3v) is 3.70. The molecule has 16 heavy (non-hydrogen) atoms. The molecule has 0 spiro atoms. The Balaban J connectivity index is 2.39. The van der Waals surface area contributed by atoms with Crippen LogP contribution in [-0.4, -0.2) is 5.60 Å². The second-order valence-electron chi connectivity index (χ2n) is 4.39. The van der Waals surface area contributed by atoms with Crippen molar-refractivity contribution in [2.24, 2.45) is 0 Å². The molecule has 0 radical (unpaired) electrons. The maximum absolute atomic E-state index is 9.03. The van der Waals surface area contributed by atoms with Gasteiger partial charge in [-0.3, -0.25) is 0 Å². The van der Waals surface area contributed by atoms with Gasteiger partial charge < -0.3 is 4.74 Å². The first kappa shape index (κ1) is 11.0. The monoisotopic (exact) mass is 215 g/mol. The van der Waals surface area contributed by atoms with E-state index in [0.29, 0.717) is 0 Å². The molecule has 2 nitrogen and oxygen atoms in total. The van der Waals surface area contributed by atoms with Crippen LogP contribution in [0.1, 0.15) is 44.2 Å². The van der Waals surface area contributed by atoms with E-state index in [-0.39, 0.29) is 5.60 Å². The average molecular weight is 215 g/mol. The number of hydrogen-bond acceptors (Lipinski definition) is 2. The Morgan fingerprint density at radius 2 is 2.12 bits per heavy atom. The number of nitrogens with zero attached hydrogens (tertiary/aromatic N) is 1. The van der Waals surface area contributed by atoms with Crippen molar-refractivity contribution in [3.8, 4) is 11.8 Å². The maximum atomic E-state index is 9.03. The molecule has 0 aliphatic carbocycles. The first-order valence-electron chi connectivity index (χ1n) is 5.95. The van der Waals surface area contributed by atoms with Crippen molar-refractivity contribution in [1.82, 2.24) is 0 Å². The van der Waals surface area contributed by atoms with Crippen LogP contribution in [-0.2, 0) is 6.42 Å². The van der Waals surface area contributed by atoms with Crippen molar-refractivity contribution in [2.75, 3.05) is 0 Å². The van der Waals surface area contributed by atoms with E-state index in [4.69, 9.17) is 10.00 Å². The Morgan fingerprint density at radius 3 is 2.75 bits per heavy atom. The van der Waals surface area contributed by atoms with E-state index in [0.717, 1.165) is 42.6 Å². The number of benzene rings is 1. The quantitative estimate of drug-likeness (QED) is 0.757. The summed E-state index contributed by atoms with van der Waals surface area (Å²) in [6, 6.07) is 7.99. The lowest BCUT2D eigenvalue weighted by Gasteiger charge is -2.37. The van der Waals surface area contributed by atoms with Crippen LogP contribution in [0.25, 0.3) is 0 Å². The lowest BCUT2D eigenvalue weighted by Crippen LogP contribution is -2.38. The first-order valence-corrected chi connectivity index (χ1v) is 5.95. The minimum atomic E-state index is -0.0128. The van der Waals surface area contributed by atoms with E-state index in [1.54, 1.807) is 0 Å². The van der Waals surface area contributed by atoms with Gasteiger partial charge in [-0.05, 0) is 37.8 Å². The molecule has 0 saturated carbocycles. The molecule has 1 aromatic carbocycles. The van der Waals surface area contributed by atoms with Gasteiger partial charge in [-0.25, -0.2) is 0 Å². The highest BCUT2D eigenvalue weighted by molar-refractivity contribution is 5.48. The van der Waals surface area contributed by atoms with Gasteiger partial charge >= 0.3 is 0 Å². The highest BCUT2D eigenvalue weighted by atomic mass is 16.5. The van der Waals surface area contributed by atoms with Crippen molar-refractivity contribution < 1.29 is 4.74 Å². The maximum Gasteiger partial charge on any atom is 0.124 e. The minimum absolute atomic E-state index is 0.0128. The van der Waals surface area contributed by atoms with E-state index in [1.807, 2.05) is 18.2 Å². The molecule has 1 aliphatic rings. The van der Waals surface area contributed by atoms with Gasteiger partial charge in [-0.1, -0.05) is 19.9 Å². The first-order chi connectivity index (χ1) is 7.74. The fourth-order valence-corrected chi connectivity index (χ4v) is 2.41. The number of fused-ring (bicyclic) bond motifs is 1. The van der Waals surface area contributed by atoms with Crippen LogP contribution >= 0.6 is 0 Å². The zero-order valence-corrected chi connectivity index (χ0v) is 9.92. The summed E-state index contributed by atoms with van der Waals surface area (Å²) in [6.07, 6.45) is 4.03. The standard InChI is InChI=1S/C14H17NO/c1-3-14(4-2)9-8-12-11(10-15)6-5-7-13(12)16-14/h5-7H,3-4,8-9H2,1-2H3.